The molecule has 1 N–H and O–H groups in total. The average Bonchev–Trinajstić information content (AvgIpc) is 3.01. The van der Waals surface area contributed by atoms with Gasteiger partial charge in [-0.2, -0.15) is 9.40 Å². The summed E-state index contributed by atoms with van der Waals surface area (Å²) in [5.74, 6) is -0.218. The van der Waals surface area contributed by atoms with E-state index in [9.17, 15) is 13.2 Å². The Labute approximate surface area is 186 Å². The van der Waals surface area contributed by atoms with Crippen molar-refractivity contribution in [3.05, 3.63) is 40.7 Å². The second-order valence-electron chi connectivity index (χ2n) is 7.77. The minimum atomic E-state index is -3.66. The summed E-state index contributed by atoms with van der Waals surface area (Å²) < 4.78 is 29.6. The predicted octanol–water partition coefficient (Wildman–Crippen LogP) is 4.07. The highest BCUT2D eigenvalue weighted by molar-refractivity contribution is 7.89. The molecule has 31 heavy (non-hydrogen) atoms. The number of nitrogens with one attached hydrogen (secondary N) is 1. The average molecular weight is 449 g/mol. The first kappa shape index (κ1) is 25.1. The van der Waals surface area contributed by atoms with Gasteiger partial charge >= 0.3 is 0 Å². The minimum Gasteiger partial charge on any atom is -0.324 e. The molecule has 0 atom stereocenters. The molecule has 1 aromatic heterocycles. The number of sulfonamides is 1. The van der Waals surface area contributed by atoms with Crippen LogP contribution in [0.5, 0.6) is 0 Å². The van der Waals surface area contributed by atoms with Gasteiger partial charge in [-0.25, -0.2) is 8.42 Å². The molecule has 0 aliphatic rings. The summed E-state index contributed by atoms with van der Waals surface area (Å²) in [6.45, 7) is 12.3. The number of carbonyl (C=O) groups is 1. The summed E-state index contributed by atoms with van der Waals surface area (Å²) in [7, 11) is -3.66. The molecule has 0 unspecified atom stereocenters. The SMILES string of the molecule is CCCN(CCC)S(=O)(=O)c1c(C)nn(CC(=O)Nc2c(CC)cccc2CC)c1C. The number of carbonyl (C=O) groups excluding carboxylic acids is 1. The smallest absolute Gasteiger partial charge is 0.246 e. The third-order valence-corrected chi connectivity index (χ3v) is 7.57. The summed E-state index contributed by atoms with van der Waals surface area (Å²) >= 11 is 0. The minimum absolute atomic E-state index is 0.0368. The number of hydrogen-bond acceptors (Lipinski definition) is 4. The Bertz CT molecular complexity index is 984. The summed E-state index contributed by atoms with van der Waals surface area (Å²) in [5.41, 5.74) is 3.93. The number of amides is 1. The summed E-state index contributed by atoms with van der Waals surface area (Å²) in [4.78, 5) is 13.1. The highest BCUT2D eigenvalue weighted by atomic mass is 32.2. The van der Waals surface area contributed by atoms with E-state index in [1.54, 1.807) is 13.8 Å². The second-order valence-corrected chi connectivity index (χ2v) is 9.64. The molecule has 2 aromatic rings. The molecule has 0 aliphatic carbocycles. The molecule has 7 nitrogen and oxygen atoms in total. The molecule has 0 aliphatic heterocycles. The molecule has 0 spiro atoms. The van der Waals surface area contributed by atoms with E-state index in [-0.39, 0.29) is 17.3 Å². The molecule has 172 valence electrons. The Morgan fingerprint density at radius 3 is 2.06 bits per heavy atom. The first-order valence-electron chi connectivity index (χ1n) is 11.2. The van der Waals surface area contributed by atoms with Crippen LogP contribution in [-0.4, -0.2) is 41.5 Å². The van der Waals surface area contributed by atoms with Gasteiger partial charge in [0.25, 0.3) is 0 Å². The fourth-order valence-electron chi connectivity index (χ4n) is 3.91. The molecular weight excluding hydrogens is 412 g/mol. The lowest BCUT2D eigenvalue weighted by molar-refractivity contribution is -0.117. The van der Waals surface area contributed by atoms with Crippen LogP contribution in [0.4, 0.5) is 5.69 Å². The van der Waals surface area contributed by atoms with Crippen molar-refractivity contribution in [3.8, 4) is 0 Å². The van der Waals surface area contributed by atoms with Gasteiger partial charge in [0, 0.05) is 18.8 Å². The molecule has 0 saturated heterocycles. The fourth-order valence-corrected chi connectivity index (χ4v) is 5.90. The van der Waals surface area contributed by atoms with E-state index >= 15 is 0 Å². The molecule has 8 heteroatoms. The molecular formula is C23H36N4O3S. The Balaban J connectivity index is 2.32. The molecule has 1 aromatic carbocycles. The number of para-hydroxylation sites is 1. The fraction of sp³-hybridized carbons (Fsp3) is 0.565. The molecule has 0 saturated carbocycles. The molecule has 0 radical (unpaired) electrons. The van der Waals surface area contributed by atoms with Crippen molar-refractivity contribution in [2.24, 2.45) is 0 Å². The maximum absolute atomic E-state index is 13.3. The van der Waals surface area contributed by atoms with Crippen molar-refractivity contribution in [3.63, 3.8) is 0 Å². The van der Waals surface area contributed by atoms with E-state index in [1.165, 1.54) is 8.99 Å². The van der Waals surface area contributed by atoms with Crippen LogP contribution in [0.1, 0.15) is 63.1 Å². The number of anilines is 1. The Morgan fingerprint density at radius 2 is 1.58 bits per heavy atom. The van der Waals surface area contributed by atoms with E-state index in [0.29, 0.717) is 24.5 Å². The summed E-state index contributed by atoms with van der Waals surface area (Å²) in [6, 6.07) is 6.03. The summed E-state index contributed by atoms with van der Waals surface area (Å²) in [6.07, 6.45) is 3.11. The van der Waals surface area contributed by atoms with Crippen LogP contribution in [0.2, 0.25) is 0 Å². The zero-order chi connectivity index (χ0) is 23.2. The third-order valence-electron chi connectivity index (χ3n) is 5.42. The lowest BCUT2D eigenvalue weighted by Crippen LogP contribution is -2.33. The van der Waals surface area contributed by atoms with Crippen LogP contribution in [0.15, 0.2) is 23.1 Å². The highest BCUT2D eigenvalue weighted by Gasteiger charge is 2.30. The lowest BCUT2D eigenvalue weighted by Gasteiger charge is -2.21. The van der Waals surface area contributed by atoms with Crippen molar-refractivity contribution < 1.29 is 13.2 Å². The van der Waals surface area contributed by atoms with Gasteiger partial charge in [0.15, 0.2) is 0 Å². The monoisotopic (exact) mass is 448 g/mol. The predicted molar refractivity (Wildman–Crippen MR) is 125 cm³/mol. The number of rotatable bonds is 11. The standard InChI is InChI=1S/C23H36N4O3S/c1-7-14-26(15-8-2)31(29,30)23-17(5)25-27(18(23)6)16-21(28)24-22-19(9-3)12-11-13-20(22)10-4/h11-13H,7-10,14-16H2,1-6H3,(H,24,28). The number of hydrogen-bond donors (Lipinski definition) is 1. The van der Waals surface area contributed by atoms with Gasteiger partial charge in [-0.05, 0) is 50.7 Å². The molecule has 1 heterocycles. The number of aryl methyl sites for hydroxylation is 3. The quantitative estimate of drug-likeness (QED) is 0.561. The molecule has 0 bridgehead atoms. The van der Waals surface area contributed by atoms with Crippen molar-refractivity contribution in [2.75, 3.05) is 18.4 Å². The van der Waals surface area contributed by atoms with Gasteiger partial charge in [-0.15, -0.1) is 0 Å². The Hall–Kier alpha value is -2.19. The van der Waals surface area contributed by atoms with Gasteiger partial charge in [0.2, 0.25) is 15.9 Å². The van der Waals surface area contributed by atoms with Gasteiger partial charge in [-0.3, -0.25) is 9.48 Å². The van der Waals surface area contributed by atoms with Crippen LogP contribution in [0, 0.1) is 13.8 Å². The highest BCUT2D eigenvalue weighted by Crippen LogP contribution is 2.25. The maximum Gasteiger partial charge on any atom is 0.246 e. The van der Waals surface area contributed by atoms with Gasteiger partial charge in [0.05, 0.1) is 11.4 Å². The van der Waals surface area contributed by atoms with Crippen LogP contribution in [0.25, 0.3) is 0 Å². The van der Waals surface area contributed by atoms with Crippen LogP contribution >= 0.6 is 0 Å². The number of aromatic nitrogens is 2. The second kappa shape index (κ2) is 10.9. The lowest BCUT2D eigenvalue weighted by atomic mass is 10.0. The number of nitrogens with zero attached hydrogens (tertiary/aromatic N) is 3. The Kier molecular flexibility index (Phi) is 8.82. The first-order chi connectivity index (χ1) is 14.7. The van der Waals surface area contributed by atoms with Crippen molar-refractivity contribution in [1.29, 1.82) is 0 Å². The maximum atomic E-state index is 13.3. The first-order valence-corrected chi connectivity index (χ1v) is 12.6. The van der Waals surface area contributed by atoms with Gasteiger partial charge in [0.1, 0.15) is 11.4 Å². The van der Waals surface area contributed by atoms with E-state index in [4.69, 9.17) is 0 Å². The third kappa shape index (κ3) is 5.54. The zero-order valence-electron chi connectivity index (χ0n) is 19.7. The molecule has 1 amide bonds. The van der Waals surface area contributed by atoms with E-state index in [1.807, 2.05) is 32.0 Å². The van der Waals surface area contributed by atoms with Crippen molar-refractivity contribution >= 4 is 21.6 Å². The molecule has 2 rings (SSSR count). The summed E-state index contributed by atoms with van der Waals surface area (Å²) in [5, 5.41) is 7.42. The zero-order valence-corrected chi connectivity index (χ0v) is 20.5. The Morgan fingerprint density at radius 1 is 1.03 bits per heavy atom. The van der Waals surface area contributed by atoms with Crippen LogP contribution < -0.4 is 5.32 Å². The van der Waals surface area contributed by atoms with Crippen molar-refractivity contribution in [1.82, 2.24) is 14.1 Å². The number of benzene rings is 1. The topological polar surface area (TPSA) is 84.3 Å². The van der Waals surface area contributed by atoms with E-state index in [2.05, 4.69) is 24.3 Å². The van der Waals surface area contributed by atoms with Gasteiger partial charge < -0.3 is 5.32 Å². The van der Waals surface area contributed by atoms with E-state index < -0.39 is 10.0 Å². The van der Waals surface area contributed by atoms with Crippen LogP contribution in [-0.2, 0) is 34.2 Å². The van der Waals surface area contributed by atoms with Crippen LogP contribution in [0.3, 0.4) is 0 Å². The van der Waals surface area contributed by atoms with E-state index in [0.717, 1.165) is 42.5 Å². The van der Waals surface area contributed by atoms with Crippen molar-refractivity contribution in [2.45, 2.75) is 78.7 Å². The molecule has 0 fully saturated rings. The van der Waals surface area contributed by atoms with Gasteiger partial charge in [-0.1, -0.05) is 45.9 Å². The largest absolute Gasteiger partial charge is 0.324 e. The normalized spacial score (nSPS) is 11.8.